The summed E-state index contributed by atoms with van der Waals surface area (Å²) in [5, 5.41) is 3.57. The van der Waals surface area contributed by atoms with Crippen molar-refractivity contribution in [3.05, 3.63) is 16.0 Å². The van der Waals surface area contributed by atoms with Gasteiger partial charge in [0, 0.05) is 10.8 Å². The predicted molar refractivity (Wildman–Crippen MR) is 75.4 cm³/mol. The van der Waals surface area contributed by atoms with E-state index in [-0.39, 0.29) is 11.8 Å². The number of nitrogens with two attached hydrogens (primary N) is 1. The molecule has 1 saturated carbocycles. The first-order valence-electron chi connectivity index (χ1n) is 6.81. The molecule has 4 nitrogen and oxygen atoms in total. The summed E-state index contributed by atoms with van der Waals surface area (Å²) in [5.74, 6) is 0.331. The molecule has 0 saturated heterocycles. The van der Waals surface area contributed by atoms with Crippen molar-refractivity contribution in [2.75, 3.05) is 5.32 Å². The first-order chi connectivity index (χ1) is 9.06. The van der Waals surface area contributed by atoms with Gasteiger partial charge in [0.1, 0.15) is 5.00 Å². The van der Waals surface area contributed by atoms with Gasteiger partial charge in [-0.2, -0.15) is 0 Å². The summed E-state index contributed by atoms with van der Waals surface area (Å²) in [6.07, 6.45) is 4.94. The van der Waals surface area contributed by atoms with Gasteiger partial charge in [-0.05, 0) is 43.6 Å². The molecular formula is C14H18N2O2S. The zero-order chi connectivity index (χ0) is 13.6. The minimum atomic E-state index is -0.419. The number of primary amides is 1. The molecule has 0 aromatic carbocycles. The lowest BCUT2D eigenvalue weighted by Crippen LogP contribution is -2.20. The Kier molecular flexibility index (Phi) is 3.09. The first-order valence-corrected chi connectivity index (χ1v) is 7.63. The summed E-state index contributed by atoms with van der Waals surface area (Å²) in [6.45, 7) is 2.19. The number of carbonyl (C=O) groups is 2. The summed E-state index contributed by atoms with van der Waals surface area (Å²) in [4.78, 5) is 24.8. The van der Waals surface area contributed by atoms with E-state index in [1.165, 1.54) is 16.2 Å². The van der Waals surface area contributed by atoms with Crippen molar-refractivity contribution in [3.8, 4) is 0 Å². The molecule has 0 unspecified atom stereocenters. The summed E-state index contributed by atoms with van der Waals surface area (Å²) >= 11 is 1.53. The number of anilines is 1. The quantitative estimate of drug-likeness (QED) is 0.890. The molecular weight excluding hydrogens is 260 g/mol. The molecule has 3 rings (SSSR count). The summed E-state index contributed by atoms with van der Waals surface area (Å²) in [5.41, 5.74) is 7.14. The Balaban J connectivity index is 1.94. The molecule has 1 atom stereocenters. The van der Waals surface area contributed by atoms with E-state index in [9.17, 15) is 9.59 Å². The van der Waals surface area contributed by atoms with Gasteiger partial charge in [0.25, 0.3) is 5.91 Å². The van der Waals surface area contributed by atoms with Crippen LogP contribution in [0.15, 0.2) is 0 Å². The van der Waals surface area contributed by atoms with Gasteiger partial charge in [0.05, 0.1) is 5.56 Å². The minimum absolute atomic E-state index is 0.0362. The Morgan fingerprint density at radius 1 is 1.32 bits per heavy atom. The molecule has 1 heterocycles. The number of rotatable bonds is 3. The first kappa shape index (κ1) is 12.7. The highest BCUT2D eigenvalue weighted by Gasteiger charge is 2.32. The maximum Gasteiger partial charge on any atom is 0.251 e. The Labute approximate surface area is 116 Å². The lowest BCUT2D eigenvalue weighted by molar-refractivity contribution is -0.117. The number of carbonyl (C=O) groups excluding carboxylic acids is 2. The fraction of sp³-hybridized carbons (Fsp3) is 0.571. The molecule has 0 bridgehead atoms. The highest BCUT2D eigenvalue weighted by Crippen LogP contribution is 2.40. The lowest BCUT2D eigenvalue weighted by Gasteiger charge is -2.18. The number of aryl methyl sites for hydroxylation is 1. The van der Waals surface area contributed by atoms with Crippen molar-refractivity contribution in [2.24, 2.45) is 17.6 Å². The van der Waals surface area contributed by atoms with Crippen LogP contribution in [0.5, 0.6) is 0 Å². The van der Waals surface area contributed by atoms with Crippen LogP contribution in [0.4, 0.5) is 5.00 Å². The van der Waals surface area contributed by atoms with Gasteiger partial charge in [-0.1, -0.05) is 6.92 Å². The molecule has 0 radical (unpaired) electrons. The maximum atomic E-state index is 11.9. The summed E-state index contributed by atoms with van der Waals surface area (Å²) in [7, 11) is 0. The molecule has 0 spiro atoms. The van der Waals surface area contributed by atoms with Crippen molar-refractivity contribution in [1.29, 1.82) is 0 Å². The second kappa shape index (κ2) is 4.63. The van der Waals surface area contributed by atoms with Crippen LogP contribution in [0, 0.1) is 11.8 Å². The summed E-state index contributed by atoms with van der Waals surface area (Å²) < 4.78 is 0. The van der Waals surface area contributed by atoms with Gasteiger partial charge in [-0.3, -0.25) is 9.59 Å². The fourth-order valence-electron chi connectivity index (χ4n) is 2.67. The third kappa shape index (κ3) is 2.39. The number of hydrogen-bond acceptors (Lipinski definition) is 3. The van der Waals surface area contributed by atoms with E-state index >= 15 is 0 Å². The van der Waals surface area contributed by atoms with Crippen LogP contribution in [-0.4, -0.2) is 11.8 Å². The van der Waals surface area contributed by atoms with E-state index < -0.39 is 5.91 Å². The van der Waals surface area contributed by atoms with Crippen LogP contribution in [0.1, 0.15) is 47.0 Å². The average Bonchev–Trinajstić information content (AvgIpc) is 3.11. The number of amides is 2. The molecule has 19 heavy (non-hydrogen) atoms. The number of nitrogens with one attached hydrogen (secondary N) is 1. The van der Waals surface area contributed by atoms with Crippen molar-refractivity contribution in [3.63, 3.8) is 0 Å². The second-order valence-electron chi connectivity index (χ2n) is 5.68. The van der Waals surface area contributed by atoms with Crippen LogP contribution in [0.3, 0.4) is 0 Å². The van der Waals surface area contributed by atoms with Gasteiger partial charge in [0.15, 0.2) is 0 Å². The molecule has 1 aromatic rings. The van der Waals surface area contributed by atoms with Crippen molar-refractivity contribution < 1.29 is 9.59 Å². The summed E-state index contributed by atoms with van der Waals surface area (Å²) in [6, 6.07) is 0. The van der Waals surface area contributed by atoms with Crippen LogP contribution >= 0.6 is 11.3 Å². The topological polar surface area (TPSA) is 72.2 Å². The zero-order valence-corrected chi connectivity index (χ0v) is 11.8. The van der Waals surface area contributed by atoms with Gasteiger partial charge < -0.3 is 11.1 Å². The number of thiophene rings is 1. The van der Waals surface area contributed by atoms with E-state index in [4.69, 9.17) is 5.73 Å². The lowest BCUT2D eigenvalue weighted by atomic mass is 9.87. The Bertz CT molecular complexity index is 546. The van der Waals surface area contributed by atoms with Crippen molar-refractivity contribution in [1.82, 2.24) is 0 Å². The SMILES string of the molecule is C[C@H]1CCc2sc(NC(=O)C3CC3)c(C(N)=O)c2C1. The van der Waals surface area contributed by atoms with E-state index in [1.54, 1.807) is 0 Å². The molecule has 3 N–H and O–H groups in total. The molecule has 5 heteroatoms. The molecule has 2 aliphatic rings. The average molecular weight is 278 g/mol. The molecule has 102 valence electrons. The Morgan fingerprint density at radius 2 is 2.05 bits per heavy atom. The molecule has 1 fully saturated rings. The zero-order valence-electron chi connectivity index (χ0n) is 11.0. The number of fused-ring (bicyclic) bond motifs is 1. The van der Waals surface area contributed by atoms with Crippen LogP contribution in [0.25, 0.3) is 0 Å². The van der Waals surface area contributed by atoms with Crippen LogP contribution in [-0.2, 0) is 17.6 Å². The van der Waals surface area contributed by atoms with E-state index in [0.29, 0.717) is 16.5 Å². The Morgan fingerprint density at radius 3 is 2.68 bits per heavy atom. The molecule has 1 aromatic heterocycles. The predicted octanol–water partition coefficient (Wildman–Crippen LogP) is 2.32. The van der Waals surface area contributed by atoms with Crippen molar-refractivity contribution in [2.45, 2.75) is 39.0 Å². The normalized spacial score (nSPS) is 21.8. The number of hydrogen-bond donors (Lipinski definition) is 2. The maximum absolute atomic E-state index is 11.9. The highest BCUT2D eigenvalue weighted by molar-refractivity contribution is 7.17. The van der Waals surface area contributed by atoms with Gasteiger partial charge >= 0.3 is 0 Å². The van der Waals surface area contributed by atoms with Gasteiger partial charge in [-0.25, -0.2) is 0 Å². The van der Waals surface area contributed by atoms with Crippen LogP contribution in [0.2, 0.25) is 0 Å². The Hall–Kier alpha value is -1.36. The van der Waals surface area contributed by atoms with E-state index in [2.05, 4.69) is 12.2 Å². The smallest absolute Gasteiger partial charge is 0.251 e. The molecule has 2 aliphatic carbocycles. The van der Waals surface area contributed by atoms with Crippen molar-refractivity contribution >= 4 is 28.2 Å². The molecule has 0 aliphatic heterocycles. The monoisotopic (exact) mass is 278 g/mol. The minimum Gasteiger partial charge on any atom is -0.365 e. The second-order valence-corrected chi connectivity index (χ2v) is 6.79. The van der Waals surface area contributed by atoms with Gasteiger partial charge in [0.2, 0.25) is 5.91 Å². The van der Waals surface area contributed by atoms with E-state index in [1.807, 2.05) is 0 Å². The third-order valence-electron chi connectivity index (χ3n) is 3.94. The largest absolute Gasteiger partial charge is 0.365 e. The van der Waals surface area contributed by atoms with Gasteiger partial charge in [-0.15, -0.1) is 11.3 Å². The standard InChI is InChI=1S/C14H18N2O2S/c1-7-2-5-10-9(6-7)11(12(15)17)14(19-10)16-13(18)8-3-4-8/h7-8H,2-6H2,1H3,(H2,15,17)(H,16,18)/t7-/m0/s1. The molecule has 2 amide bonds. The fourth-order valence-corrected chi connectivity index (χ4v) is 3.92. The third-order valence-corrected chi connectivity index (χ3v) is 5.15. The highest BCUT2D eigenvalue weighted by atomic mass is 32.1. The van der Waals surface area contributed by atoms with E-state index in [0.717, 1.165) is 37.7 Å². The van der Waals surface area contributed by atoms with Crippen LogP contribution < -0.4 is 11.1 Å².